The standard InChI is InChI=1S/C27H39NO8/c1-24(29)28-26-7-9-27(10-8-26)36-22-21-34-18-17-32-14-13-30-11-12-31-15-16-33-19-20-35-23-25-5-3-2-4-6-25/h2-10H,11-23H2,1H3,(H,28,29). The van der Waals surface area contributed by atoms with Crippen molar-refractivity contribution in [3.63, 3.8) is 0 Å². The van der Waals surface area contributed by atoms with Crippen molar-refractivity contribution < 1.29 is 38.0 Å². The molecule has 0 saturated carbocycles. The number of carbonyl (C=O) groups is 1. The minimum Gasteiger partial charge on any atom is -0.491 e. The molecule has 0 aliphatic rings. The quantitative estimate of drug-likeness (QED) is 0.244. The van der Waals surface area contributed by atoms with E-state index in [0.29, 0.717) is 85.9 Å². The Morgan fingerprint density at radius 1 is 0.583 bits per heavy atom. The summed E-state index contributed by atoms with van der Waals surface area (Å²) in [7, 11) is 0. The Hall–Kier alpha value is -2.53. The molecule has 9 nitrogen and oxygen atoms in total. The van der Waals surface area contributed by atoms with Crippen LogP contribution in [0.1, 0.15) is 12.5 Å². The van der Waals surface area contributed by atoms with E-state index in [1.165, 1.54) is 6.92 Å². The van der Waals surface area contributed by atoms with Crippen molar-refractivity contribution in [3.8, 4) is 5.75 Å². The molecule has 1 amide bonds. The summed E-state index contributed by atoms with van der Waals surface area (Å²) in [4.78, 5) is 11.0. The zero-order valence-corrected chi connectivity index (χ0v) is 21.2. The molecule has 0 spiro atoms. The Morgan fingerprint density at radius 2 is 1.03 bits per heavy atom. The van der Waals surface area contributed by atoms with Gasteiger partial charge in [0.2, 0.25) is 5.91 Å². The van der Waals surface area contributed by atoms with Crippen LogP contribution in [0.25, 0.3) is 0 Å². The molecule has 0 aliphatic heterocycles. The molecule has 0 saturated heterocycles. The molecule has 1 N–H and O–H groups in total. The first-order valence-electron chi connectivity index (χ1n) is 12.2. The molecule has 200 valence electrons. The molecular weight excluding hydrogens is 466 g/mol. The topological polar surface area (TPSA) is 93.7 Å². The summed E-state index contributed by atoms with van der Waals surface area (Å²) in [6.07, 6.45) is 0. The number of rotatable bonds is 22. The van der Waals surface area contributed by atoms with Crippen molar-refractivity contribution in [2.75, 3.05) is 84.6 Å². The summed E-state index contributed by atoms with van der Waals surface area (Å²) in [6, 6.07) is 17.3. The van der Waals surface area contributed by atoms with Gasteiger partial charge in [-0.25, -0.2) is 0 Å². The number of ether oxygens (including phenoxy) is 7. The van der Waals surface area contributed by atoms with Gasteiger partial charge in [0.25, 0.3) is 0 Å². The normalized spacial score (nSPS) is 10.9. The minimum absolute atomic E-state index is 0.103. The maximum atomic E-state index is 11.0. The zero-order chi connectivity index (χ0) is 25.5. The second kappa shape index (κ2) is 20.6. The number of benzene rings is 2. The zero-order valence-electron chi connectivity index (χ0n) is 21.2. The molecule has 2 aromatic rings. The van der Waals surface area contributed by atoms with Crippen LogP contribution >= 0.6 is 0 Å². The van der Waals surface area contributed by atoms with Crippen molar-refractivity contribution in [2.45, 2.75) is 13.5 Å². The smallest absolute Gasteiger partial charge is 0.221 e. The van der Waals surface area contributed by atoms with E-state index in [4.69, 9.17) is 33.2 Å². The first kappa shape index (κ1) is 29.7. The van der Waals surface area contributed by atoms with Crippen LogP contribution in [0.2, 0.25) is 0 Å². The Balaban J connectivity index is 1.24. The largest absolute Gasteiger partial charge is 0.491 e. The summed E-state index contributed by atoms with van der Waals surface area (Å²) in [5.41, 5.74) is 1.90. The van der Waals surface area contributed by atoms with Gasteiger partial charge in [-0.3, -0.25) is 4.79 Å². The Labute approximate surface area is 213 Å². The maximum Gasteiger partial charge on any atom is 0.221 e. The maximum absolute atomic E-state index is 11.0. The first-order chi connectivity index (χ1) is 17.7. The Kier molecular flexibility index (Phi) is 17.0. The van der Waals surface area contributed by atoms with Crippen LogP contribution in [0.15, 0.2) is 54.6 Å². The number of hydrogen-bond donors (Lipinski definition) is 1. The molecule has 2 rings (SSSR count). The number of anilines is 1. The number of amides is 1. The van der Waals surface area contributed by atoms with Gasteiger partial charge < -0.3 is 38.5 Å². The fourth-order valence-electron chi connectivity index (χ4n) is 2.92. The number of carbonyl (C=O) groups excluding carboxylic acids is 1. The van der Waals surface area contributed by atoms with E-state index in [-0.39, 0.29) is 5.91 Å². The van der Waals surface area contributed by atoms with Crippen molar-refractivity contribution in [1.82, 2.24) is 0 Å². The highest BCUT2D eigenvalue weighted by Gasteiger charge is 1.98. The highest BCUT2D eigenvalue weighted by Crippen LogP contribution is 2.15. The Morgan fingerprint density at radius 3 is 1.50 bits per heavy atom. The fraction of sp³-hybridized carbons (Fsp3) is 0.519. The van der Waals surface area contributed by atoms with Gasteiger partial charge in [-0.1, -0.05) is 30.3 Å². The summed E-state index contributed by atoms with van der Waals surface area (Å²) in [6.45, 7) is 8.20. The van der Waals surface area contributed by atoms with Crippen molar-refractivity contribution in [1.29, 1.82) is 0 Å². The summed E-state index contributed by atoms with van der Waals surface area (Å²) < 4.78 is 38.5. The SMILES string of the molecule is CC(=O)Nc1ccc(OCCOCCOCCOCCOCCOCCOCc2ccccc2)cc1. The molecule has 0 radical (unpaired) electrons. The number of nitrogens with one attached hydrogen (secondary N) is 1. The average molecular weight is 506 g/mol. The molecule has 9 heteroatoms. The summed E-state index contributed by atoms with van der Waals surface area (Å²) in [5, 5.41) is 2.71. The molecule has 0 heterocycles. The van der Waals surface area contributed by atoms with Gasteiger partial charge in [-0.2, -0.15) is 0 Å². The molecule has 0 bridgehead atoms. The van der Waals surface area contributed by atoms with Gasteiger partial charge in [0.15, 0.2) is 0 Å². The van der Waals surface area contributed by atoms with Crippen molar-refractivity contribution >= 4 is 11.6 Å². The molecule has 0 atom stereocenters. The van der Waals surface area contributed by atoms with E-state index >= 15 is 0 Å². The molecule has 36 heavy (non-hydrogen) atoms. The van der Waals surface area contributed by atoms with Crippen LogP contribution in [0.3, 0.4) is 0 Å². The Bertz CT molecular complexity index is 788. The van der Waals surface area contributed by atoms with Crippen molar-refractivity contribution in [2.24, 2.45) is 0 Å². The van der Waals surface area contributed by atoms with Crippen LogP contribution in [-0.2, 0) is 39.8 Å². The molecular formula is C27H39NO8. The van der Waals surface area contributed by atoms with Gasteiger partial charge in [0.1, 0.15) is 12.4 Å². The molecule has 0 unspecified atom stereocenters. The minimum atomic E-state index is -0.103. The van der Waals surface area contributed by atoms with Gasteiger partial charge in [-0.15, -0.1) is 0 Å². The monoisotopic (exact) mass is 505 g/mol. The summed E-state index contributed by atoms with van der Waals surface area (Å²) >= 11 is 0. The molecule has 2 aromatic carbocycles. The van der Waals surface area contributed by atoms with E-state index < -0.39 is 0 Å². The van der Waals surface area contributed by atoms with E-state index in [0.717, 1.165) is 17.0 Å². The lowest BCUT2D eigenvalue weighted by molar-refractivity contribution is -0.114. The van der Waals surface area contributed by atoms with Gasteiger partial charge in [-0.05, 0) is 29.8 Å². The van der Waals surface area contributed by atoms with Crippen molar-refractivity contribution in [3.05, 3.63) is 60.2 Å². The van der Waals surface area contributed by atoms with Gasteiger partial charge in [0, 0.05) is 12.6 Å². The lowest BCUT2D eigenvalue weighted by atomic mass is 10.2. The van der Waals surface area contributed by atoms with Gasteiger partial charge >= 0.3 is 0 Å². The first-order valence-corrected chi connectivity index (χ1v) is 12.2. The van der Waals surface area contributed by atoms with Gasteiger partial charge in [0.05, 0.1) is 79.3 Å². The fourth-order valence-corrected chi connectivity index (χ4v) is 2.92. The second-order valence-corrected chi connectivity index (χ2v) is 7.65. The molecule has 0 fully saturated rings. The molecule has 0 aliphatic carbocycles. The van der Waals surface area contributed by atoms with Crippen LogP contribution in [0.4, 0.5) is 5.69 Å². The van der Waals surface area contributed by atoms with E-state index in [9.17, 15) is 4.79 Å². The third kappa shape index (κ3) is 16.2. The van der Waals surface area contributed by atoms with Crippen LogP contribution in [-0.4, -0.2) is 85.2 Å². The van der Waals surface area contributed by atoms with E-state index in [1.807, 2.05) is 30.3 Å². The third-order valence-corrected chi connectivity index (χ3v) is 4.64. The van der Waals surface area contributed by atoms with Crippen LogP contribution < -0.4 is 10.1 Å². The molecule has 0 aromatic heterocycles. The average Bonchev–Trinajstić information content (AvgIpc) is 2.89. The summed E-state index contributed by atoms with van der Waals surface area (Å²) in [5.74, 6) is 0.621. The lowest BCUT2D eigenvalue weighted by Gasteiger charge is -2.09. The number of hydrogen-bond acceptors (Lipinski definition) is 8. The lowest BCUT2D eigenvalue weighted by Crippen LogP contribution is -2.14. The van der Waals surface area contributed by atoms with Crippen LogP contribution in [0, 0.1) is 0 Å². The van der Waals surface area contributed by atoms with E-state index in [2.05, 4.69) is 5.32 Å². The van der Waals surface area contributed by atoms with E-state index in [1.54, 1.807) is 24.3 Å². The third-order valence-electron chi connectivity index (χ3n) is 4.64. The highest BCUT2D eigenvalue weighted by atomic mass is 16.6. The predicted octanol–water partition coefficient (Wildman–Crippen LogP) is 3.32. The second-order valence-electron chi connectivity index (χ2n) is 7.65. The van der Waals surface area contributed by atoms with Crippen LogP contribution in [0.5, 0.6) is 5.75 Å². The highest BCUT2D eigenvalue weighted by molar-refractivity contribution is 5.88. The predicted molar refractivity (Wildman–Crippen MR) is 136 cm³/mol.